The molecule has 0 radical (unpaired) electrons. The number of hydrogen-bond donors (Lipinski definition) is 1. The molecular weight excluding hydrogens is 384 g/mol. The van der Waals surface area contributed by atoms with Gasteiger partial charge < -0.3 is 19.7 Å². The highest BCUT2D eigenvalue weighted by Crippen LogP contribution is 2.21. The first-order valence-corrected chi connectivity index (χ1v) is 8.33. The van der Waals surface area contributed by atoms with E-state index in [1.807, 2.05) is 4.90 Å². The van der Waals surface area contributed by atoms with Crippen LogP contribution in [0.1, 0.15) is 5.56 Å². The van der Waals surface area contributed by atoms with Gasteiger partial charge in [0, 0.05) is 51.4 Å². The monoisotopic (exact) mass is 409 g/mol. The summed E-state index contributed by atoms with van der Waals surface area (Å²) in [6.45, 7) is 5.41. The highest BCUT2D eigenvalue weighted by atomic mass is 35.5. The van der Waals surface area contributed by atoms with E-state index < -0.39 is 0 Å². The van der Waals surface area contributed by atoms with Crippen LogP contribution in [0.4, 0.5) is 4.39 Å². The fourth-order valence-electron chi connectivity index (χ4n) is 3.17. The Bertz CT molecular complexity index is 580. The van der Waals surface area contributed by atoms with Crippen LogP contribution in [0.15, 0.2) is 18.2 Å². The van der Waals surface area contributed by atoms with Gasteiger partial charge in [0.2, 0.25) is 0 Å². The first kappa shape index (κ1) is 22.9. The van der Waals surface area contributed by atoms with E-state index in [2.05, 4.69) is 10.2 Å². The summed E-state index contributed by atoms with van der Waals surface area (Å²) < 4.78 is 24.3. The van der Waals surface area contributed by atoms with Crippen LogP contribution in [0.5, 0.6) is 5.75 Å². The van der Waals surface area contributed by atoms with Gasteiger partial charge in [0.1, 0.15) is 17.7 Å². The number of nitrogens with one attached hydrogen (secondary N) is 1. The second-order valence-electron chi connectivity index (χ2n) is 6.12. The number of methoxy groups -OCH3 is 1. The Morgan fingerprint density at radius 3 is 2.65 bits per heavy atom. The van der Waals surface area contributed by atoms with Crippen LogP contribution in [-0.2, 0) is 16.1 Å². The summed E-state index contributed by atoms with van der Waals surface area (Å²) in [6.07, 6.45) is -0.367. The van der Waals surface area contributed by atoms with E-state index in [0.29, 0.717) is 38.5 Å². The molecule has 0 spiro atoms. The summed E-state index contributed by atoms with van der Waals surface area (Å²) in [6, 6.07) is 4.56. The van der Waals surface area contributed by atoms with Crippen molar-refractivity contribution in [3.05, 3.63) is 29.6 Å². The van der Waals surface area contributed by atoms with Crippen LogP contribution in [-0.4, -0.2) is 74.8 Å². The maximum atomic E-state index is 13.5. The molecule has 1 aromatic carbocycles. The molecule has 1 unspecified atom stereocenters. The predicted molar refractivity (Wildman–Crippen MR) is 102 cm³/mol. The second kappa shape index (κ2) is 10.9. The van der Waals surface area contributed by atoms with Gasteiger partial charge in [-0.2, -0.15) is 0 Å². The maximum absolute atomic E-state index is 13.5. The molecule has 1 N–H and O–H groups in total. The number of carbonyl (C=O) groups excluding carboxylic acids is 1. The van der Waals surface area contributed by atoms with Crippen LogP contribution in [0.3, 0.4) is 0 Å². The first-order chi connectivity index (χ1) is 11.7. The van der Waals surface area contributed by atoms with E-state index in [0.717, 1.165) is 25.2 Å². The zero-order valence-corrected chi connectivity index (χ0v) is 16.4. The summed E-state index contributed by atoms with van der Waals surface area (Å²) in [5, 5.41) is 3.18. The maximum Gasteiger partial charge on any atom is 0.253 e. The quantitative estimate of drug-likeness (QED) is 0.812. The van der Waals surface area contributed by atoms with Gasteiger partial charge in [0.15, 0.2) is 0 Å². The third-order valence-electron chi connectivity index (χ3n) is 4.52. The van der Waals surface area contributed by atoms with Crippen molar-refractivity contribution in [1.29, 1.82) is 0 Å². The molecule has 0 aromatic heterocycles. The van der Waals surface area contributed by atoms with Gasteiger partial charge in [-0.05, 0) is 18.2 Å². The van der Waals surface area contributed by atoms with Crippen LogP contribution in [0.25, 0.3) is 0 Å². The van der Waals surface area contributed by atoms with Gasteiger partial charge in [-0.3, -0.25) is 9.69 Å². The van der Waals surface area contributed by atoms with Crippen molar-refractivity contribution in [2.45, 2.75) is 12.6 Å². The van der Waals surface area contributed by atoms with Crippen molar-refractivity contribution >= 4 is 30.7 Å². The zero-order valence-electron chi connectivity index (χ0n) is 14.8. The Labute approximate surface area is 165 Å². The highest BCUT2D eigenvalue weighted by molar-refractivity contribution is 5.85. The van der Waals surface area contributed by atoms with Gasteiger partial charge in [-0.15, -0.1) is 24.8 Å². The van der Waals surface area contributed by atoms with Gasteiger partial charge in [0.25, 0.3) is 5.91 Å². The third-order valence-corrected chi connectivity index (χ3v) is 4.52. The summed E-state index contributed by atoms with van der Waals surface area (Å²) in [4.78, 5) is 16.5. The standard InChI is InChI=1S/C17H24FN3O3.2ClH/c1-23-15-3-2-14(18)10-13(15)12-20-5-7-21(8-6-20)17(22)16-11-19-4-9-24-16;;/h2-3,10,16,19H,4-9,11-12H2,1H3;2*1H. The molecule has 26 heavy (non-hydrogen) atoms. The first-order valence-electron chi connectivity index (χ1n) is 8.33. The van der Waals surface area contributed by atoms with Crippen LogP contribution in [0.2, 0.25) is 0 Å². The van der Waals surface area contributed by atoms with Crippen molar-refractivity contribution in [3.8, 4) is 5.75 Å². The minimum atomic E-state index is -0.367. The minimum absolute atomic E-state index is 0. The largest absolute Gasteiger partial charge is 0.496 e. The average molecular weight is 410 g/mol. The molecule has 2 heterocycles. The molecule has 1 aromatic rings. The van der Waals surface area contributed by atoms with Gasteiger partial charge in [0.05, 0.1) is 13.7 Å². The van der Waals surface area contributed by atoms with E-state index in [1.54, 1.807) is 13.2 Å². The summed E-state index contributed by atoms with van der Waals surface area (Å²) in [7, 11) is 1.59. The molecule has 148 valence electrons. The number of benzene rings is 1. The number of ether oxygens (including phenoxy) is 2. The van der Waals surface area contributed by atoms with Crippen molar-refractivity contribution in [3.63, 3.8) is 0 Å². The van der Waals surface area contributed by atoms with Crippen molar-refractivity contribution in [2.24, 2.45) is 0 Å². The number of nitrogens with zero attached hydrogens (tertiary/aromatic N) is 2. The number of halogens is 3. The van der Waals surface area contributed by atoms with E-state index in [9.17, 15) is 9.18 Å². The smallest absolute Gasteiger partial charge is 0.253 e. The van der Waals surface area contributed by atoms with Crippen LogP contribution >= 0.6 is 24.8 Å². The Balaban J connectivity index is 0.00000169. The number of carbonyl (C=O) groups is 1. The van der Waals surface area contributed by atoms with E-state index in [4.69, 9.17) is 9.47 Å². The molecule has 0 saturated carbocycles. The van der Waals surface area contributed by atoms with Crippen molar-refractivity contribution in [2.75, 3.05) is 53.0 Å². The summed E-state index contributed by atoms with van der Waals surface area (Å²) in [5.74, 6) is 0.489. The summed E-state index contributed by atoms with van der Waals surface area (Å²) >= 11 is 0. The van der Waals surface area contributed by atoms with Crippen molar-refractivity contribution in [1.82, 2.24) is 15.1 Å². The lowest BCUT2D eigenvalue weighted by Crippen LogP contribution is -2.54. The summed E-state index contributed by atoms with van der Waals surface area (Å²) in [5.41, 5.74) is 0.831. The Morgan fingerprint density at radius 2 is 2.04 bits per heavy atom. The molecule has 2 saturated heterocycles. The highest BCUT2D eigenvalue weighted by Gasteiger charge is 2.29. The van der Waals surface area contributed by atoms with E-state index in [-0.39, 0.29) is 42.6 Å². The van der Waals surface area contributed by atoms with Gasteiger partial charge >= 0.3 is 0 Å². The van der Waals surface area contributed by atoms with E-state index >= 15 is 0 Å². The minimum Gasteiger partial charge on any atom is -0.496 e. The molecular formula is C17H26Cl2FN3O3. The molecule has 0 bridgehead atoms. The molecule has 3 rings (SSSR count). The Kier molecular flexibility index (Phi) is 9.60. The van der Waals surface area contributed by atoms with Crippen molar-refractivity contribution < 1.29 is 18.7 Å². The molecule has 6 nitrogen and oxygen atoms in total. The number of hydrogen-bond acceptors (Lipinski definition) is 5. The van der Waals surface area contributed by atoms with E-state index in [1.165, 1.54) is 12.1 Å². The number of amides is 1. The van der Waals surface area contributed by atoms with Gasteiger partial charge in [-0.1, -0.05) is 0 Å². The Morgan fingerprint density at radius 1 is 1.31 bits per heavy atom. The SMILES string of the molecule is COc1ccc(F)cc1CN1CCN(C(=O)C2CNCCO2)CC1.Cl.Cl. The number of piperazine rings is 1. The second-order valence-corrected chi connectivity index (χ2v) is 6.12. The Hall–Kier alpha value is -1.12. The lowest BCUT2D eigenvalue weighted by molar-refractivity contribution is -0.147. The molecule has 2 fully saturated rings. The van der Waals surface area contributed by atoms with Gasteiger partial charge in [-0.25, -0.2) is 4.39 Å². The molecule has 0 aliphatic carbocycles. The molecule has 2 aliphatic heterocycles. The fraction of sp³-hybridized carbons (Fsp3) is 0.588. The van der Waals surface area contributed by atoms with Crippen LogP contribution < -0.4 is 10.1 Å². The fourth-order valence-corrected chi connectivity index (χ4v) is 3.17. The number of morpholine rings is 1. The third kappa shape index (κ3) is 5.69. The molecule has 1 atom stereocenters. The lowest BCUT2D eigenvalue weighted by atomic mass is 10.1. The topological polar surface area (TPSA) is 54.0 Å². The molecule has 9 heteroatoms. The normalized spacial score (nSPS) is 20.7. The molecule has 2 aliphatic rings. The lowest BCUT2D eigenvalue weighted by Gasteiger charge is -2.37. The number of rotatable bonds is 4. The predicted octanol–water partition coefficient (Wildman–Crippen LogP) is 1.31. The van der Waals surface area contributed by atoms with Crippen LogP contribution in [0, 0.1) is 5.82 Å². The average Bonchev–Trinajstić information content (AvgIpc) is 2.63. The molecule has 1 amide bonds. The zero-order chi connectivity index (χ0) is 16.9.